The van der Waals surface area contributed by atoms with Crippen LogP contribution in [0.15, 0.2) is 77.3 Å². The van der Waals surface area contributed by atoms with Gasteiger partial charge in [-0.3, -0.25) is 10.1 Å². The molecule has 2 N–H and O–H groups in total. The van der Waals surface area contributed by atoms with Gasteiger partial charge in [-0.05, 0) is 61.4 Å². The van der Waals surface area contributed by atoms with Crippen molar-refractivity contribution in [1.82, 2.24) is 5.16 Å². The molecule has 1 unspecified atom stereocenters. The predicted octanol–water partition coefficient (Wildman–Crippen LogP) is 7.05. The Kier molecular flexibility index (Phi) is 6.29. The topological polar surface area (TPSA) is 102 Å². The maximum atomic E-state index is 12.7. The number of nitrogens with zero attached hydrogens (tertiary/aromatic N) is 1. The standard InChI is InChI=1S/C30H28N2O5/c1-18-6-4-5-7-25(18)19(2)36-29(35)31-26-20(3)37-32-27(26)23-10-8-21(9-11-23)22-12-14-24(15-13-22)30(16-17-30)28(33)34/h4-15,19H,16-17H2,1-3H3,(H,31,35)(H,33,34). The fourth-order valence-corrected chi connectivity index (χ4v) is 4.67. The summed E-state index contributed by atoms with van der Waals surface area (Å²) in [5, 5.41) is 16.5. The van der Waals surface area contributed by atoms with E-state index in [1.54, 1.807) is 6.92 Å². The van der Waals surface area contributed by atoms with Crippen molar-refractivity contribution in [3.8, 4) is 22.4 Å². The van der Waals surface area contributed by atoms with Crippen molar-refractivity contribution in [3.05, 3.63) is 95.2 Å². The molecular formula is C30H28N2O5. The second-order valence-corrected chi connectivity index (χ2v) is 9.53. The van der Waals surface area contributed by atoms with Gasteiger partial charge < -0.3 is 14.4 Å². The lowest BCUT2D eigenvalue weighted by Crippen LogP contribution is -2.19. The Hall–Kier alpha value is -4.39. The minimum absolute atomic E-state index is 0.416. The largest absolute Gasteiger partial charge is 0.481 e. The summed E-state index contributed by atoms with van der Waals surface area (Å²) < 4.78 is 11.0. The van der Waals surface area contributed by atoms with Crippen molar-refractivity contribution < 1.29 is 24.0 Å². The number of hydrogen-bond donors (Lipinski definition) is 2. The monoisotopic (exact) mass is 496 g/mol. The molecule has 1 aromatic heterocycles. The van der Waals surface area contributed by atoms with Crippen LogP contribution in [0.4, 0.5) is 10.5 Å². The van der Waals surface area contributed by atoms with E-state index in [4.69, 9.17) is 9.26 Å². The summed E-state index contributed by atoms with van der Waals surface area (Å²) in [5.41, 5.74) is 5.85. The van der Waals surface area contributed by atoms with E-state index in [-0.39, 0.29) is 0 Å². The molecule has 0 aliphatic heterocycles. The number of hydrogen-bond acceptors (Lipinski definition) is 5. The first-order valence-electron chi connectivity index (χ1n) is 12.2. The van der Waals surface area contributed by atoms with Crippen molar-refractivity contribution in [3.63, 3.8) is 0 Å². The van der Waals surface area contributed by atoms with Crippen LogP contribution in [0, 0.1) is 13.8 Å². The summed E-state index contributed by atoms with van der Waals surface area (Å²) in [6.07, 6.45) is 0.361. The Balaban J connectivity index is 1.30. The minimum Gasteiger partial charge on any atom is -0.481 e. The molecule has 0 saturated heterocycles. The van der Waals surface area contributed by atoms with Crippen LogP contribution in [0.25, 0.3) is 22.4 Å². The van der Waals surface area contributed by atoms with Crippen LogP contribution < -0.4 is 5.32 Å². The van der Waals surface area contributed by atoms with Crippen molar-refractivity contribution in [2.75, 3.05) is 5.32 Å². The van der Waals surface area contributed by atoms with E-state index >= 15 is 0 Å². The van der Waals surface area contributed by atoms with Crippen LogP contribution in [0.2, 0.25) is 0 Å². The number of aliphatic carboxylic acids is 1. The summed E-state index contributed by atoms with van der Waals surface area (Å²) in [4.78, 5) is 24.3. The van der Waals surface area contributed by atoms with Gasteiger partial charge in [0.05, 0.1) is 5.41 Å². The van der Waals surface area contributed by atoms with Crippen LogP contribution in [0.3, 0.4) is 0 Å². The zero-order valence-electron chi connectivity index (χ0n) is 20.9. The number of rotatable bonds is 7. The van der Waals surface area contributed by atoms with E-state index < -0.39 is 23.6 Å². The van der Waals surface area contributed by atoms with Crippen LogP contribution in [0.5, 0.6) is 0 Å². The number of nitrogens with one attached hydrogen (secondary N) is 1. The summed E-state index contributed by atoms with van der Waals surface area (Å²) in [6.45, 7) is 5.55. The van der Waals surface area contributed by atoms with Crippen LogP contribution >= 0.6 is 0 Å². The van der Waals surface area contributed by atoms with Gasteiger partial charge in [0.25, 0.3) is 0 Å². The summed E-state index contributed by atoms with van der Waals surface area (Å²) >= 11 is 0. The number of carbonyl (C=O) groups is 2. The predicted molar refractivity (Wildman–Crippen MR) is 140 cm³/mol. The van der Waals surface area contributed by atoms with Crippen molar-refractivity contribution in [2.45, 2.75) is 45.1 Å². The van der Waals surface area contributed by atoms with Crippen molar-refractivity contribution in [1.29, 1.82) is 0 Å². The number of anilines is 1. The molecule has 7 nitrogen and oxygen atoms in total. The maximum Gasteiger partial charge on any atom is 0.412 e. The summed E-state index contributed by atoms with van der Waals surface area (Å²) in [6, 6.07) is 23.2. The second-order valence-electron chi connectivity index (χ2n) is 9.53. The van der Waals surface area contributed by atoms with Gasteiger partial charge in [0, 0.05) is 5.56 Å². The number of aromatic nitrogens is 1. The SMILES string of the molecule is Cc1ccccc1C(C)OC(=O)Nc1c(-c2ccc(-c3ccc(C4(C(=O)O)CC4)cc3)cc2)noc1C. The highest BCUT2D eigenvalue weighted by molar-refractivity contribution is 5.91. The Morgan fingerprint density at radius 1 is 0.946 bits per heavy atom. The third-order valence-electron chi connectivity index (χ3n) is 7.09. The molecule has 1 atom stereocenters. The molecule has 7 heteroatoms. The number of carboxylic acid groups (broad SMARTS) is 1. The van der Waals surface area contributed by atoms with Crippen LogP contribution in [0.1, 0.15) is 48.3 Å². The zero-order chi connectivity index (χ0) is 26.2. The van der Waals surface area contributed by atoms with E-state index in [9.17, 15) is 14.7 Å². The average Bonchev–Trinajstić information content (AvgIpc) is 3.64. The van der Waals surface area contributed by atoms with Gasteiger partial charge in [0.15, 0.2) is 5.76 Å². The normalized spacial score (nSPS) is 14.6. The van der Waals surface area contributed by atoms with E-state index in [2.05, 4.69) is 10.5 Å². The first kappa shape index (κ1) is 24.3. The Labute approximate surface area is 215 Å². The molecule has 37 heavy (non-hydrogen) atoms. The van der Waals surface area contributed by atoms with Gasteiger partial charge in [0.1, 0.15) is 17.5 Å². The first-order chi connectivity index (χ1) is 17.8. The van der Waals surface area contributed by atoms with Crippen molar-refractivity contribution >= 4 is 17.7 Å². The molecule has 0 spiro atoms. The van der Waals surface area contributed by atoms with Gasteiger partial charge in [-0.15, -0.1) is 0 Å². The Morgan fingerprint density at radius 2 is 1.54 bits per heavy atom. The first-order valence-corrected chi connectivity index (χ1v) is 12.2. The molecule has 1 amide bonds. The highest BCUT2D eigenvalue weighted by Gasteiger charge is 2.51. The third-order valence-corrected chi connectivity index (χ3v) is 7.09. The van der Waals surface area contributed by atoms with Gasteiger partial charge >= 0.3 is 12.1 Å². The van der Waals surface area contributed by atoms with Gasteiger partial charge in [-0.2, -0.15) is 0 Å². The van der Waals surface area contributed by atoms with E-state index in [1.807, 2.05) is 86.6 Å². The summed E-state index contributed by atoms with van der Waals surface area (Å²) in [5.74, 6) is -0.284. The van der Waals surface area contributed by atoms with E-state index in [0.717, 1.165) is 33.4 Å². The van der Waals surface area contributed by atoms with Gasteiger partial charge in [-0.1, -0.05) is 78.0 Å². The lowest BCUT2D eigenvalue weighted by molar-refractivity contribution is -0.140. The van der Waals surface area contributed by atoms with E-state index in [1.165, 1.54) is 0 Å². The second kappa shape index (κ2) is 9.58. The number of carboxylic acids is 1. The minimum atomic E-state index is -0.759. The number of aryl methyl sites for hydroxylation is 2. The molecule has 1 aliphatic rings. The molecule has 1 fully saturated rings. The zero-order valence-corrected chi connectivity index (χ0v) is 20.9. The fraction of sp³-hybridized carbons (Fsp3) is 0.233. The summed E-state index contributed by atoms with van der Waals surface area (Å²) in [7, 11) is 0. The number of amides is 1. The molecule has 1 saturated carbocycles. The highest BCUT2D eigenvalue weighted by atomic mass is 16.6. The maximum absolute atomic E-state index is 12.7. The van der Waals surface area contributed by atoms with Gasteiger partial charge in [0.2, 0.25) is 0 Å². The average molecular weight is 497 g/mol. The number of carbonyl (C=O) groups excluding carboxylic acids is 1. The molecule has 188 valence electrons. The van der Waals surface area contributed by atoms with Gasteiger partial charge in [-0.25, -0.2) is 4.79 Å². The molecule has 0 bridgehead atoms. The molecule has 0 radical (unpaired) electrons. The highest BCUT2D eigenvalue weighted by Crippen LogP contribution is 2.48. The molecule has 1 aliphatic carbocycles. The lowest BCUT2D eigenvalue weighted by atomic mass is 9.93. The molecule has 5 rings (SSSR count). The molecule has 1 heterocycles. The van der Waals surface area contributed by atoms with E-state index in [0.29, 0.717) is 30.0 Å². The third kappa shape index (κ3) is 4.72. The van der Waals surface area contributed by atoms with Crippen LogP contribution in [-0.2, 0) is 14.9 Å². The van der Waals surface area contributed by atoms with Crippen molar-refractivity contribution in [2.24, 2.45) is 0 Å². The Bertz CT molecular complexity index is 1450. The Morgan fingerprint density at radius 3 is 2.14 bits per heavy atom. The lowest BCUT2D eigenvalue weighted by Gasteiger charge is -2.16. The molecule has 4 aromatic rings. The number of ether oxygens (including phenoxy) is 1. The fourth-order valence-electron chi connectivity index (χ4n) is 4.67. The van der Waals surface area contributed by atoms with Crippen LogP contribution in [-0.4, -0.2) is 22.3 Å². The smallest absolute Gasteiger partial charge is 0.412 e. The quantitative estimate of drug-likeness (QED) is 0.284. The molecule has 3 aromatic carbocycles. The number of benzene rings is 3. The molecular weight excluding hydrogens is 468 g/mol.